The molecule has 0 aliphatic heterocycles. The standard InChI is InChI=1S/C15H23NS2/c1-4-8-16-15(11(5-2)6-3)14-10-13-12(18-14)7-9-17-13/h7,9-11,15-16H,4-6,8H2,1-3H3. The van der Waals surface area contributed by atoms with Gasteiger partial charge in [0.2, 0.25) is 0 Å². The Labute approximate surface area is 118 Å². The molecule has 0 bridgehead atoms. The number of thiophene rings is 2. The van der Waals surface area contributed by atoms with E-state index in [0.29, 0.717) is 6.04 Å². The monoisotopic (exact) mass is 281 g/mol. The maximum atomic E-state index is 3.75. The molecule has 2 rings (SSSR count). The Morgan fingerprint density at radius 3 is 2.56 bits per heavy atom. The highest BCUT2D eigenvalue weighted by atomic mass is 32.1. The van der Waals surface area contributed by atoms with Gasteiger partial charge in [-0.15, -0.1) is 22.7 Å². The Bertz CT molecular complexity index is 439. The van der Waals surface area contributed by atoms with Crippen LogP contribution in [-0.4, -0.2) is 6.54 Å². The molecule has 0 spiro atoms. The van der Waals surface area contributed by atoms with Crippen LogP contribution >= 0.6 is 22.7 Å². The van der Waals surface area contributed by atoms with Crippen molar-refractivity contribution >= 4 is 32.1 Å². The van der Waals surface area contributed by atoms with E-state index in [2.05, 4.69) is 43.6 Å². The molecule has 0 aromatic carbocycles. The van der Waals surface area contributed by atoms with Gasteiger partial charge in [0.25, 0.3) is 0 Å². The van der Waals surface area contributed by atoms with Crippen LogP contribution in [0.25, 0.3) is 9.40 Å². The minimum atomic E-state index is 0.546. The fourth-order valence-corrected chi connectivity index (χ4v) is 4.79. The lowest BCUT2D eigenvalue weighted by Crippen LogP contribution is -2.27. The first kappa shape index (κ1) is 14.0. The maximum absolute atomic E-state index is 3.75. The van der Waals surface area contributed by atoms with Gasteiger partial charge in [0.05, 0.1) is 0 Å². The summed E-state index contributed by atoms with van der Waals surface area (Å²) in [5, 5.41) is 5.94. The van der Waals surface area contributed by atoms with Gasteiger partial charge in [0.1, 0.15) is 0 Å². The quantitative estimate of drug-likeness (QED) is 0.712. The van der Waals surface area contributed by atoms with Crippen LogP contribution in [0.3, 0.4) is 0 Å². The first-order chi connectivity index (χ1) is 8.80. The fourth-order valence-electron chi connectivity index (χ4n) is 2.50. The van der Waals surface area contributed by atoms with E-state index in [0.717, 1.165) is 12.5 Å². The SMILES string of the molecule is CCCNC(c1cc2sccc2s1)C(CC)CC. The molecule has 1 atom stereocenters. The summed E-state index contributed by atoms with van der Waals surface area (Å²) in [4.78, 5) is 1.53. The maximum Gasteiger partial charge on any atom is 0.0454 e. The van der Waals surface area contributed by atoms with Crippen molar-refractivity contribution in [2.75, 3.05) is 6.54 Å². The summed E-state index contributed by atoms with van der Waals surface area (Å²) in [7, 11) is 0. The van der Waals surface area contributed by atoms with Crippen LogP contribution < -0.4 is 5.32 Å². The molecule has 1 N–H and O–H groups in total. The van der Waals surface area contributed by atoms with E-state index < -0.39 is 0 Å². The highest BCUT2D eigenvalue weighted by molar-refractivity contribution is 7.26. The molecular formula is C15H23NS2. The minimum absolute atomic E-state index is 0.546. The second-order valence-corrected chi connectivity index (χ2v) is 6.87. The first-order valence-corrected chi connectivity index (χ1v) is 8.70. The smallest absolute Gasteiger partial charge is 0.0454 e. The Balaban J connectivity index is 2.23. The van der Waals surface area contributed by atoms with Crippen molar-refractivity contribution < 1.29 is 0 Å². The van der Waals surface area contributed by atoms with Crippen LogP contribution in [0.4, 0.5) is 0 Å². The van der Waals surface area contributed by atoms with E-state index >= 15 is 0 Å². The predicted molar refractivity (Wildman–Crippen MR) is 84.8 cm³/mol. The second kappa shape index (κ2) is 6.69. The summed E-state index contributed by atoms with van der Waals surface area (Å²) in [6, 6.07) is 5.19. The summed E-state index contributed by atoms with van der Waals surface area (Å²) in [5.74, 6) is 0.754. The largest absolute Gasteiger partial charge is 0.309 e. The molecular weight excluding hydrogens is 258 g/mol. The van der Waals surface area contributed by atoms with Crippen LogP contribution in [-0.2, 0) is 0 Å². The van der Waals surface area contributed by atoms with Gasteiger partial charge in [-0.05, 0) is 36.4 Å². The van der Waals surface area contributed by atoms with E-state index in [-0.39, 0.29) is 0 Å². The Hall–Kier alpha value is -0.380. The summed E-state index contributed by atoms with van der Waals surface area (Å²) < 4.78 is 2.90. The Morgan fingerprint density at radius 2 is 1.94 bits per heavy atom. The number of fused-ring (bicyclic) bond motifs is 1. The lowest BCUT2D eigenvalue weighted by molar-refractivity contribution is 0.346. The summed E-state index contributed by atoms with van der Waals surface area (Å²) in [6.45, 7) is 7.98. The molecule has 2 aromatic heterocycles. The van der Waals surface area contributed by atoms with E-state index in [1.54, 1.807) is 0 Å². The van der Waals surface area contributed by atoms with Crippen LogP contribution in [0, 0.1) is 5.92 Å². The van der Waals surface area contributed by atoms with Crippen molar-refractivity contribution in [3.05, 3.63) is 22.4 Å². The van der Waals surface area contributed by atoms with E-state index in [4.69, 9.17) is 0 Å². The highest BCUT2D eigenvalue weighted by Gasteiger charge is 2.21. The molecule has 0 amide bonds. The van der Waals surface area contributed by atoms with Gasteiger partial charge in [0, 0.05) is 20.3 Å². The van der Waals surface area contributed by atoms with Gasteiger partial charge < -0.3 is 5.32 Å². The van der Waals surface area contributed by atoms with Gasteiger partial charge >= 0.3 is 0 Å². The normalized spacial score (nSPS) is 13.6. The number of hydrogen-bond acceptors (Lipinski definition) is 3. The molecule has 0 radical (unpaired) electrons. The molecule has 0 aliphatic rings. The molecule has 100 valence electrons. The van der Waals surface area contributed by atoms with E-state index in [1.807, 2.05) is 22.7 Å². The molecule has 1 nitrogen and oxygen atoms in total. The van der Waals surface area contributed by atoms with Gasteiger partial charge in [-0.2, -0.15) is 0 Å². The van der Waals surface area contributed by atoms with Crippen molar-refractivity contribution in [3.8, 4) is 0 Å². The number of nitrogens with one attached hydrogen (secondary N) is 1. The summed E-state index contributed by atoms with van der Waals surface area (Å²) in [5.41, 5.74) is 0. The van der Waals surface area contributed by atoms with Crippen LogP contribution in [0.15, 0.2) is 17.5 Å². The van der Waals surface area contributed by atoms with Gasteiger partial charge in [-0.25, -0.2) is 0 Å². The number of rotatable bonds is 7. The minimum Gasteiger partial charge on any atom is -0.309 e. The highest BCUT2D eigenvalue weighted by Crippen LogP contribution is 2.37. The fraction of sp³-hybridized carbons (Fsp3) is 0.600. The lowest BCUT2D eigenvalue weighted by Gasteiger charge is -2.25. The van der Waals surface area contributed by atoms with Crippen molar-refractivity contribution in [2.24, 2.45) is 5.92 Å². The van der Waals surface area contributed by atoms with Crippen molar-refractivity contribution in [2.45, 2.75) is 46.1 Å². The molecule has 2 aromatic rings. The van der Waals surface area contributed by atoms with Crippen LogP contribution in [0.5, 0.6) is 0 Å². The van der Waals surface area contributed by atoms with Crippen molar-refractivity contribution in [1.29, 1.82) is 0 Å². The average molecular weight is 281 g/mol. The third kappa shape index (κ3) is 2.95. The van der Waals surface area contributed by atoms with Crippen molar-refractivity contribution in [1.82, 2.24) is 5.32 Å². The molecule has 0 fully saturated rings. The van der Waals surface area contributed by atoms with Crippen molar-refractivity contribution in [3.63, 3.8) is 0 Å². The third-order valence-electron chi connectivity index (χ3n) is 3.60. The molecule has 18 heavy (non-hydrogen) atoms. The summed E-state index contributed by atoms with van der Waals surface area (Å²) in [6.07, 6.45) is 3.71. The topological polar surface area (TPSA) is 12.0 Å². The molecule has 0 aliphatic carbocycles. The zero-order chi connectivity index (χ0) is 13.0. The summed E-state index contributed by atoms with van der Waals surface area (Å²) >= 11 is 3.83. The molecule has 1 unspecified atom stereocenters. The Morgan fingerprint density at radius 1 is 1.17 bits per heavy atom. The van der Waals surface area contributed by atoms with Gasteiger partial charge in [-0.3, -0.25) is 0 Å². The van der Waals surface area contributed by atoms with E-state index in [9.17, 15) is 0 Å². The second-order valence-electron chi connectivity index (χ2n) is 4.81. The van der Waals surface area contributed by atoms with Crippen LogP contribution in [0.1, 0.15) is 51.0 Å². The van der Waals surface area contributed by atoms with E-state index in [1.165, 1.54) is 33.5 Å². The first-order valence-electron chi connectivity index (χ1n) is 7.00. The zero-order valence-electron chi connectivity index (χ0n) is 11.5. The molecule has 0 saturated heterocycles. The zero-order valence-corrected chi connectivity index (χ0v) is 13.2. The molecule has 3 heteroatoms. The average Bonchev–Trinajstić information content (AvgIpc) is 2.95. The predicted octanol–water partition coefficient (Wildman–Crippen LogP) is 5.44. The lowest BCUT2D eigenvalue weighted by atomic mass is 9.93. The van der Waals surface area contributed by atoms with Gasteiger partial charge in [-0.1, -0.05) is 33.6 Å². The molecule has 0 saturated carbocycles. The third-order valence-corrected chi connectivity index (χ3v) is 5.78. The molecule has 2 heterocycles. The van der Waals surface area contributed by atoms with Gasteiger partial charge in [0.15, 0.2) is 0 Å². The number of hydrogen-bond donors (Lipinski definition) is 1. The Kier molecular flexibility index (Phi) is 5.22. The van der Waals surface area contributed by atoms with Crippen LogP contribution in [0.2, 0.25) is 0 Å².